The molecular formula is C20H25FN3O3S+. The van der Waals surface area contributed by atoms with Crippen molar-refractivity contribution in [3.8, 4) is 0 Å². The maximum absolute atomic E-state index is 13.4. The van der Waals surface area contributed by atoms with Crippen LogP contribution in [0.3, 0.4) is 0 Å². The number of benzene rings is 2. The largest absolute Gasteiger partial charge is 0.325 e. The van der Waals surface area contributed by atoms with Crippen molar-refractivity contribution in [1.29, 1.82) is 0 Å². The van der Waals surface area contributed by atoms with Crippen molar-refractivity contribution in [3.63, 3.8) is 0 Å². The van der Waals surface area contributed by atoms with Crippen molar-refractivity contribution >= 4 is 21.6 Å². The highest BCUT2D eigenvalue weighted by molar-refractivity contribution is 7.89. The van der Waals surface area contributed by atoms with Gasteiger partial charge in [0.1, 0.15) is 5.82 Å². The van der Waals surface area contributed by atoms with Crippen LogP contribution in [0.4, 0.5) is 10.1 Å². The molecule has 0 bridgehead atoms. The molecule has 0 radical (unpaired) electrons. The maximum atomic E-state index is 13.4. The van der Waals surface area contributed by atoms with Gasteiger partial charge in [-0.25, -0.2) is 12.8 Å². The lowest BCUT2D eigenvalue weighted by atomic mass is 10.1. The Hall–Kier alpha value is -2.29. The molecule has 8 heteroatoms. The van der Waals surface area contributed by atoms with Crippen LogP contribution in [0.15, 0.2) is 47.4 Å². The summed E-state index contributed by atoms with van der Waals surface area (Å²) >= 11 is 0. The number of rotatable bonds is 5. The second-order valence-electron chi connectivity index (χ2n) is 7.15. The summed E-state index contributed by atoms with van der Waals surface area (Å²) in [4.78, 5) is 13.4. The van der Waals surface area contributed by atoms with Crippen molar-refractivity contribution in [2.24, 2.45) is 0 Å². The van der Waals surface area contributed by atoms with Crippen molar-refractivity contribution in [1.82, 2.24) is 4.31 Å². The van der Waals surface area contributed by atoms with Crippen LogP contribution in [0.1, 0.15) is 11.1 Å². The zero-order chi connectivity index (χ0) is 20.3. The average molecular weight is 407 g/mol. The summed E-state index contributed by atoms with van der Waals surface area (Å²) in [7, 11) is -3.72. The van der Waals surface area contributed by atoms with E-state index in [0.29, 0.717) is 26.2 Å². The van der Waals surface area contributed by atoms with Crippen LogP contribution < -0.4 is 10.2 Å². The van der Waals surface area contributed by atoms with Gasteiger partial charge in [-0.15, -0.1) is 0 Å². The number of hydrogen-bond acceptors (Lipinski definition) is 3. The molecule has 1 amide bonds. The van der Waals surface area contributed by atoms with Gasteiger partial charge in [-0.3, -0.25) is 4.79 Å². The number of nitrogens with one attached hydrogen (secondary N) is 2. The zero-order valence-electron chi connectivity index (χ0n) is 16.0. The van der Waals surface area contributed by atoms with Gasteiger partial charge in [0.15, 0.2) is 6.54 Å². The number of carbonyl (C=O) groups is 1. The smallest absolute Gasteiger partial charge is 0.279 e. The number of piperazine rings is 1. The van der Waals surface area contributed by atoms with Crippen LogP contribution in [0.5, 0.6) is 0 Å². The molecule has 1 heterocycles. The Labute approximate surface area is 165 Å². The minimum absolute atomic E-state index is 0.0383. The Morgan fingerprint density at radius 2 is 1.86 bits per heavy atom. The number of carbonyl (C=O) groups excluding carboxylic acids is 1. The Balaban J connectivity index is 1.56. The molecule has 2 aromatic carbocycles. The van der Waals surface area contributed by atoms with Crippen molar-refractivity contribution in [2.45, 2.75) is 18.7 Å². The molecule has 150 valence electrons. The molecule has 2 aromatic rings. The zero-order valence-corrected chi connectivity index (χ0v) is 16.9. The van der Waals surface area contributed by atoms with Crippen LogP contribution in [-0.4, -0.2) is 51.4 Å². The first-order valence-electron chi connectivity index (χ1n) is 9.22. The number of aryl methyl sites for hydroxylation is 2. The molecule has 0 unspecified atom stereocenters. The van der Waals surface area contributed by atoms with Gasteiger partial charge in [0.25, 0.3) is 5.91 Å². The van der Waals surface area contributed by atoms with E-state index < -0.39 is 15.8 Å². The van der Waals surface area contributed by atoms with Gasteiger partial charge in [-0.05, 0) is 49.2 Å². The third kappa shape index (κ3) is 4.76. The Morgan fingerprint density at radius 1 is 1.14 bits per heavy atom. The van der Waals surface area contributed by atoms with Crippen LogP contribution in [0.2, 0.25) is 0 Å². The molecular weight excluding hydrogens is 381 g/mol. The summed E-state index contributed by atoms with van der Waals surface area (Å²) in [5, 5.41) is 2.94. The summed E-state index contributed by atoms with van der Waals surface area (Å²) in [5.41, 5.74) is 2.88. The fourth-order valence-electron chi connectivity index (χ4n) is 3.29. The van der Waals surface area contributed by atoms with Gasteiger partial charge in [-0.2, -0.15) is 4.31 Å². The molecule has 1 aliphatic heterocycles. The summed E-state index contributed by atoms with van der Waals surface area (Å²) in [6, 6.07) is 10.9. The van der Waals surface area contributed by atoms with Crippen LogP contribution in [-0.2, 0) is 14.8 Å². The monoisotopic (exact) mass is 406 g/mol. The Bertz CT molecular complexity index is 970. The second-order valence-corrected chi connectivity index (χ2v) is 9.09. The highest BCUT2D eigenvalue weighted by Crippen LogP contribution is 2.17. The molecule has 0 aliphatic carbocycles. The van der Waals surface area contributed by atoms with Gasteiger partial charge < -0.3 is 10.2 Å². The van der Waals surface area contributed by atoms with E-state index in [0.717, 1.165) is 27.8 Å². The fraction of sp³-hybridized carbons (Fsp3) is 0.350. The van der Waals surface area contributed by atoms with Gasteiger partial charge in [0.05, 0.1) is 31.1 Å². The molecule has 1 saturated heterocycles. The molecule has 0 aromatic heterocycles. The summed E-state index contributed by atoms with van der Waals surface area (Å²) < 4.78 is 40.0. The average Bonchev–Trinajstić information content (AvgIpc) is 2.65. The first-order chi connectivity index (χ1) is 13.3. The molecule has 2 N–H and O–H groups in total. The van der Waals surface area contributed by atoms with E-state index in [1.807, 2.05) is 32.0 Å². The van der Waals surface area contributed by atoms with Crippen molar-refractivity contribution < 1.29 is 22.5 Å². The van der Waals surface area contributed by atoms with E-state index in [-0.39, 0.29) is 17.3 Å². The molecule has 1 fully saturated rings. The molecule has 1 aliphatic rings. The van der Waals surface area contributed by atoms with Gasteiger partial charge in [-0.1, -0.05) is 18.2 Å². The Kier molecular flexibility index (Phi) is 6.12. The lowest BCUT2D eigenvalue weighted by Crippen LogP contribution is -3.15. The minimum atomic E-state index is -3.72. The minimum Gasteiger partial charge on any atom is -0.325 e. The third-order valence-electron chi connectivity index (χ3n) is 4.94. The summed E-state index contributed by atoms with van der Waals surface area (Å²) in [6.07, 6.45) is 0. The number of amides is 1. The van der Waals surface area contributed by atoms with Crippen molar-refractivity contribution in [2.75, 3.05) is 38.0 Å². The number of anilines is 1. The molecule has 0 atom stereocenters. The van der Waals surface area contributed by atoms with E-state index in [2.05, 4.69) is 5.32 Å². The van der Waals surface area contributed by atoms with E-state index in [9.17, 15) is 17.6 Å². The van der Waals surface area contributed by atoms with E-state index >= 15 is 0 Å². The van der Waals surface area contributed by atoms with Crippen LogP contribution in [0.25, 0.3) is 0 Å². The normalized spacial score (nSPS) is 16.1. The molecule has 0 saturated carbocycles. The SMILES string of the molecule is Cc1ccc(C)c(NC(=O)C[NH+]2CCN(S(=O)(=O)c3cccc(F)c3)CC2)c1. The second kappa shape index (κ2) is 8.38. The fourth-order valence-corrected chi connectivity index (χ4v) is 4.76. The highest BCUT2D eigenvalue weighted by atomic mass is 32.2. The maximum Gasteiger partial charge on any atom is 0.279 e. The first-order valence-corrected chi connectivity index (χ1v) is 10.7. The third-order valence-corrected chi connectivity index (χ3v) is 6.84. The number of sulfonamides is 1. The van der Waals surface area contributed by atoms with Gasteiger partial charge in [0.2, 0.25) is 10.0 Å². The van der Waals surface area contributed by atoms with Crippen molar-refractivity contribution in [3.05, 3.63) is 59.4 Å². The Morgan fingerprint density at radius 3 is 2.54 bits per heavy atom. The predicted octanol–water partition coefficient (Wildman–Crippen LogP) is 0.970. The topological polar surface area (TPSA) is 70.9 Å². The molecule has 0 spiro atoms. The highest BCUT2D eigenvalue weighted by Gasteiger charge is 2.31. The number of quaternary nitrogens is 1. The predicted molar refractivity (Wildman–Crippen MR) is 105 cm³/mol. The van der Waals surface area contributed by atoms with Gasteiger partial charge >= 0.3 is 0 Å². The van der Waals surface area contributed by atoms with Crippen LogP contribution in [0, 0.1) is 19.7 Å². The number of nitrogens with zero attached hydrogens (tertiary/aromatic N) is 1. The summed E-state index contributed by atoms with van der Waals surface area (Å²) in [5.74, 6) is -0.668. The van der Waals surface area contributed by atoms with E-state index in [1.54, 1.807) is 0 Å². The summed E-state index contributed by atoms with van der Waals surface area (Å²) in [6.45, 7) is 5.83. The molecule has 6 nitrogen and oxygen atoms in total. The lowest BCUT2D eigenvalue weighted by Gasteiger charge is -2.31. The van der Waals surface area contributed by atoms with E-state index in [1.165, 1.54) is 22.5 Å². The number of halogens is 1. The molecule has 3 rings (SSSR count). The molecule has 28 heavy (non-hydrogen) atoms. The first kappa shape index (κ1) is 20.4. The van der Waals surface area contributed by atoms with Gasteiger partial charge in [0, 0.05) is 5.69 Å². The number of hydrogen-bond donors (Lipinski definition) is 2. The van der Waals surface area contributed by atoms with Crippen LogP contribution >= 0.6 is 0 Å². The standard InChI is InChI=1S/C20H24FN3O3S/c1-15-6-7-16(2)19(12-15)22-20(25)14-23-8-10-24(11-9-23)28(26,27)18-5-3-4-17(21)13-18/h3-7,12-13H,8-11,14H2,1-2H3,(H,22,25)/p+1. The van der Waals surface area contributed by atoms with E-state index in [4.69, 9.17) is 0 Å². The lowest BCUT2D eigenvalue weighted by molar-refractivity contribution is -0.895. The quantitative estimate of drug-likeness (QED) is 0.778.